The maximum Gasteiger partial charge on any atom is 0.225 e. The van der Waals surface area contributed by atoms with E-state index in [2.05, 4.69) is 5.32 Å². The van der Waals surface area contributed by atoms with Crippen molar-refractivity contribution in [2.24, 2.45) is 0 Å². The molecule has 0 bridgehead atoms. The molecule has 21 heavy (non-hydrogen) atoms. The topological polar surface area (TPSA) is 29.1 Å². The van der Waals surface area contributed by atoms with Gasteiger partial charge in [-0.15, -0.1) is 0 Å². The molecule has 2 aromatic carbocycles. The minimum atomic E-state index is -0.132. The van der Waals surface area contributed by atoms with Crippen LogP contribution in [0.15, 0.2) is 42.5 Å². The molecule has 0 aliphatic heterocycles. The van der Waals surface area contributed by atoms with Gasteiger partial charge in [-0.05, 0) is 42.3 Å². The van der Waals surface area contributed by atoms with E-state index in [0.717, 1.165) is 5.56 Å². The molecule has 2 rings (SSSR count). The van der Waals surface area contributed by atoms with Crippen molar-refractivity contribution in [2.45, 2.75) is 19.4 Å². The second-order valence-corrected chi connectivity index (χ2v) is 5.97. The Morgan fingerprint density at radius 2 is 1.62 bits per heavy atom. The minimum Gasteiger partial charge on any atom is -0.349 e. The first kappa shape index (κ1) is 16.2. The lowest BCUT2D eigenvalue weighted by atomic mass is 10.1. The predicted octanol–water partition coefficient (Wildman–Crippen LogP) is 5.07. The third-order valence-electron chi connectivity index (χ3n) is 3.15. The Morgan fingerprint density at radius 1 is 1.05 bits per heavy atom. The third-order valence-corrected chi connectivity index (χ3v) is 4.11. The molecule has 0 saturated heterocycles. The molecule has 0 aromatic heterocycles. The van der Waals surface area contributed by atoms with Gasteiger partial charge in [-0.25, -0.2) is 0 Å². The molecule has 0 unspecified atom stereocenters. The van der Waals surface area contributed by atoms with Gasteiger partial charge in [-0.3, -0.25) is 4.79 Å². The molecule has 0 spiro atoms. The van der Waals surface area contributed by atoms with Gasteiger partial charge in [0.1, 0.15) is 0 Å². The van der Waals surface area contributed by atoms with Gasteiger partial charge in [-0.1, -0.05) is 53.0 Å². The maximum atomic E-state index is 12.1. The van der Waals surface area contributed by atoms with Gasteiger partial charge >= 0.3 is 0 Å². The molecular weight excluding hydrogens is 329 g/mol. The Bertz CT molecular complexity index is 620. The summed E-state index contributed by atoms with van der Waals surface area (Å²) < 4.78 is 0. The molecule has 5 heteroatoms. The second kappa shape index (κ2) is 7.17. The summed E-state index contributed by atoms with van der Waals surface area (Å²) in [6.45, 7) is 1.91. The van der Waals surface area contributed by atoms with E-state index in [1.165, 1.54) is 0 Å². The Morgan fingerprint density at radius 3 is 2.19 bits per heavy atom. The van der Waals surface area contributed by atoms with Crippen LogP contribution in [0, 0.1) is 0 Å². The van der Waals surface area contributed by atoms with E-state index < -0.39 is 0 Å². The van der Waals surface area contributed by atoms with Crippen LogP contribution in [-0.4, -0.2) is 5.91 Å². The van der Waals surface area contributed by atoms with E-state index in [0.29, 0.717) is 20.6 Å². The Labute approximate surface area is 139 Å². The van der Waals surface area contributed by atoms with Gasteiger partial charge in [0.15, 0.2) is 0 Å². The quantitative estimate of drug-likeness (QED) is 0.826. The summed E-state index contributed by atoms with van der Waals surface area (Å²) in [5.41, 5.74) is 1.62. The maximum absolute atomic E-state index is 12.1. The predicted molar refractivity (Wildman–Crippen MR) is 88.2 cm³/mol. The van der Waals surface area contributed by atoms with E-state index in [1.54, 1.807) is 30.3 Å². The first-order valence-corrected chi connectivity index (χ1v) is 7.58. The smallest absolute Gasteiger partial charge is 0.225 e. The van der Waals surface area contributed by atoms with Gasteiger partial charge in [0.25, 0.3) is 0 Å². The van der Waals surface area contributed by atoms with Crippen LogP contribution in [0.25, 0.3) is 0 Å². The third kappa shape index (κ3) is 4.37. The Hall–Kier alpha value is -1.22. The van der Waals surface area contributed by atoms with E-state index in [4.69, 9.17) is 34.8 Å². The number of carbonyl (C=O) groups is 1. The highest BCUT2D eigenvalue weighted by Crippen LogP contribution is 2.25. The number of hydrogen-bond donors (Lipinski definition) is 1. The average Bonchev–Trinajstić information content (AvgIpc) is 2.43. The average molecular weight is 343 g/mol. The van der Waals surface area contributed by atoms with Gasteiger partial charge in [-0.2, -0.15) is 0 Å². The largest absolute Gasteiger partial charge is 0.349 e. The number of nitrogens with one attached hydrogen (secondary N) is 1. The number of benzene rings is 2. The van der Waals surface area contributed by atoms with Gasteiger partial charge in [0, 0.05) is 15.1 Å². The molecule has 0 aliphatic carbocycles. The molecule has 0 heterocycles. The molecule has 1 N–H and O–H groups in total. The van der Waals surface area contributed by atoms with Crippen molar-refractivity contribution in [1.82, 2.24) is 5.32 Å². The fourth-order valence-electron chi connectivity index (χ4n) is 1.99. The van der Waals surface area contributed by atoms with Crippen LogP contribution in [0.3, 0.4) is 0 Å². The van der Waals surface area contributed by atoms with Crippen molar-refractivity contribution in [1.29, 1.82) is 0 Å². The first-order valence-electron chi connectivity index (χ1n) is 6.45. The zero-order valence-corrected chi connectivity index (χ0v) is 13.6. The fourth-order valence-corrected chi connectivity index (χ4v) is 2.65. The van der Waals surface area contributed by atoms with Gasteiger partial charge < -0.3 is 5.32 Å². The highest BCUT2D eigenvalue weighted by molar-refractivity contribution is 6.36. The van der Waals surface area contributed by atoms with Crippen LogP contribution in [0.5, 0.6) is 0 Å². The summed E-state index contributed by atoms with van der Waals surface area (Å²) in [5, 5.41) is 4.58. The van der Waals surface area contributed by atoms with E-state index in [9.17, 15) is 4.79 Å². The van der Waals surface area contributed by atoms with Crippen molar-refractivity contribution >= 4 is 40.7 Å². The first-order chi connectivity index (χ1) is 9.97. The van der Waals surface area contributed by atoms with Crippen molar-refractivity contribution in [3.8, 4) is 0 Å². The molecular formula is C16H14Cl3NO. The zero-order valence-electron chi connectivity index (χ0n) is 11.4. The molecule has 1 amide bonds. The van der Waals surface area contributed by atoms with Crippen molar-refractivity contribution in [3.63, 3.8) is 0 Å². The standard InChI is InChI=1S/C16H14Cl3NO/c1-10(11-5-7-12(17)8-6-11)20-16(21)9-13-14(18)3-2-4-15(13)19/h2-8,10H,9H2,1H3,(H,20,21)/t10-/m1/s1. The Balaban J connectivity index is 2.03. The molecule has 1 atom stereocenters. The summed E-state index contributed by atoms with van der Waals surface area (Å²) in [4.78, 5) is 12.1. The molecule has 2 aromatic rings. The van der Waals surface area contributed by atoms with Crippen LogP contribution in [0.2, 0.25) is 15.1 Å². The second-order valence-electron chi connectivity index (χ2n) is 4.72. The van der Waals surface area contributed by atoms with Crippen LogP contribution >= 0.6 is 34.8 Å². The summed E-state index contributed by atoms with van der Waals surface area (Å²) in [6, 6.07) is 12.4. The van der Waals surface area contributed by atoms with Crippen molar-refractivity contribution < 1.29 is 4.79 Å². The SMILES string of the molecule is C[C@@H](NC(=O)Cc1c(Cl)cccc1Cl)c1ccc(Cl)cc1. The summed E-state index contributed by atoms with van der Waals surface area (Å²) in [5.74, 6) is -0.132. The summed E-state index contributed by atoms with van der Waals surface area (Å²) in [6.07, 6.45) is 0.149. The monoisotopic (exact) mass is 341 g/mol. The number of halogens is 3. The van der Waals surface area contributed by atoms with Gasteiger partial charge in [0.2, 0.25) is 5.91 Å². The molecule has 2 nitrogen and oxygen atoms in total. The van der Waals surface area contributed by atoms with Crippen LogP contribution in [-0.2, 0) is 11.2 Å². The number of rotatable bonds is 4. The molecule has 0 fully saturated rings. The number of carbonyl (C=O) groups excluding carboxylic acids is 1. The fraction of sp³-hybridized carbons (Fsp3) is 0.188. The van der Waals surface area contributed by atoms with Gasteiger partial charge in [0.05, 0.1) is 12.5 Å². The summed E-state index contributed by atoms with van der Waals surface area (Å²) >= 11 is 18.0. The normalized spacial score (nSPS) is 12.0. The zero-order chi connectivity index (χ0) is 15.4. The van der Waals surface area contributed by atoms with E-state index in [1.807, 2.05) is 19.1 Å². The lowest BCUT2D eigenvalue weighted by Gasteiger charge is -2.15. The van der Waals surface area contributed by atoms with Crippen LogP contribution in [0.1, 0.15) is 24.1 Å². The number of hydrogen-bond acceptors (Lipinski definition) is 1. The highest BCUT2D eigenvalue weighted by atomic mass is 35.5. The lowest BCUT2D eigenvalue weighted by molar-refractivity contribution is -0.121. The summed E-state index contributed by atoms with van der Waals surface area (Å²) in [7, 11) is 0. The molecule has 0 saturated carbocycles. The molecule has 0 radical (unpaired) electrons. The molecule has 0 aliphatic rings. The lowest BCUT2D eigenvalue weighted by Crippen LogP contribution is -2.28. The Kier molecular flexibility index (Phi) is 5.51. The van der Waals surface area contributed by atoms with Crippen molar-refractivity contribution in [2.75, 3.05) is 0 Å². The minimum absolute atomic E-state index is 0.115. The molecule has 110 valence electrons. The van der Waals surface area contributed by atoms with Crippen LogP contribution < -0.4 is 5.32 Å². The highest BCUT2D eigenvalue weighted by Gasteiger charge is 2.13. The number of amides is 1. The van der Waals surface area contributed by atoms with Crippen molar-refractivity contribution in [3.05, 3.63) is 68.7 Å². The van der Waals surface area contributed by atoms with Crippen LogP contribution in [0.4, 0.5) is 0 Å². The van der Waals surface area contributed by atoms with E-state index >= 15 is 0 Å². The van der Waals surface area contributed by atoms with E-state index in [-0.39, 0.29) is 18.4 Å².